The fraction of sp³-hybridized carbons (Fsp3) is 0.0833. The average molecular weight is 561 g/mol. The number of nitrogens with one attached hydrogen (secondary N) is 1. The molecule has 0 spiro atoms. The molecule has 2 heterocycles. The molecule has 0 aliphatic heterocycles. The van der Waals surface area contributed by atoms with Crippen LogP contribution in [0.15, 0.2) is 102 Å². The van der Waals surface area contributed by atoms with Crippen LogP contribution in [0.1, 0.15) is 5.56 Å². The summed E-state index contributed by atoms with van der Waals surface area (Å²) in [4.78, 5) is 24.3. The summed E-state index contributed by atoms with van der Waals surface area (Å²) in [6.07, 6.45) is 0. The molecule has 12 heteroatoms. The van der Waals surface area contributed by atoms with Gasteiger partial charge in [0, 0.05) is 22.2 Å². The first kappa shape index (κ1) is 27.6. The lowest BCUT2D eigenvalue weighted by molar-refractivity contribution is -0.0474. The molecule has 0 aliphatic rings. The van der Waals surface area contributed by atoms with E-state index in [9.17, 15) is 20.0 Å². The topological polar surface area (TPSA) is 119 Å². The summed E-state index contributed by atoms with van der Waals surface area (Å²) in [5, 5.41) is 26.1. The number of carbonyl (C=O) groups is 2. The van der Waals surface area contributed by atoms with Gasteiger partial charge in [-0.05, 0) is 47.3 Å². The number of carbonyl (C=O) groups excluding carboxylic acids is 2. The molecule has 0 aliphatic carbocycles. The number of nitrogens with two attached hydrogens (primary N) is 1. The number of amides is 4. The number of nitrogens with zero attached hydrogens (tertiary/aromatic N) is 2. The van der Waals surface area contributed by atoms with Crippen LogP contribution >= 0.6 is 46.2 Å². The van der Waals surface area contributed by atoms with E-state index in [1.54, 1.807) is 46.3 Å². The standard InChI is InChI=1S/2C12H12N2O2S2/c1-13-12(15)14(16)9-7-11(17-8-9)18-10-5-3-2-4-6-10;13-12(15)14(16)8-9-6-7-17-11(9)18-10-4-2-1-3-5-10/h2-8,16H,1H3,(H,13,15);1-7,16H,8H2,(H2,13,15). The van der Waals surface area contributed by atoms with Crippen LogP contribution in [-0.2, 0) is 6.54 Å². The summed E-state index contributed by atoms with van der Waals surface area (Å²) in [6, 6.07) is 22.1. The normalized spacial score (nSPS) is 10.2. The van der Waals surface area contributed by atoms with Crippen molar-refractivity contribution in [3.05, 3.63) is 89.1 Å². The van der Waals surface area contributed by atoms with E-state index < -0.39 is 12.1 Å². The summed E-state index contributed by atoms with van der Waals surface area (Å²) in [5.74, 6) is 0. The SMILES string of the molecule is CNC(=O)N(O)c1csc(Sc2ccccc2)c1.NC(=O)N(O)Cc1ccsc1Sc1ccccc1. The average Bonchev–Trinajstić information content (AvgIpc) is 3.54. The van der Waals surface area contributed by atoms with Crippen LogP contribution in [0.2, 0.25) is 0 Å². The minimum absolute atomic E-state index is 0.105. The van der Waals surface area contributed by atoms with Crippen molar-refractivity contribution in [3.63, 3.8) is 0 Å². The Bertz CT molecular complexity index is 1250. The Morgan fingerprint density at radius 1 is 0.944 bits per heavy atom. The van der Waals surface area contributed by atoms with Gasteiger partial charge in [-0.3, -0.25) is 10.4 Å². The summed E-state index contributed by atoms with van der Waals surface area (Å²) < 4.78 is 2.06. The van der Waals surface area contributed by atoms with Crippen LogP contribution in [-0.4, -0.2) is 34.6 Å². The Kier molecular flexibility index (Phi) is 10.7. The van der Waals surface area contributed by atoms with E-state index in [2.05, 4.69) is 5.32 Å². The highest BCUT2D eigenvalue weighted by Crippen LogP contribution is 2.36. The molecule has 0 unspecified atom stereocenters. The highest BCUT2D eigenvalue weighted by Gasteiger charge is 2.14. The third-order valence-electron chi connectivity index (χ3n) is 4.41. The third kappa shape index (κ3) is 8.29. The van der Waals surface area contributed by atoms with Crippen molar-refractivity contribution in [3.8, 4) is 0 Å². The van der Waals surface area contributed by atoms with E-state index in [-0.39, 0.29) is 6.54 Å². The second kappa shape index (κ2) is 13.9. The number of benzene rings is 2. The molecule has 188 valence electrons. The number of rotatable bonds is 7. The molecule has 8 nitrogen and oxygen atoms in total. The number of thiophene rings is 2. The second-order valence-corrected chi connectivity index (χ2v) is 11.5. The van der Waals surface area contributed by atoms with E-state index in [1.807, 2.05) is 72.1 Å². The van der Waals surface area contributed by atoms with Gasteiger partial charge in [0.05, 0.1) is 20.7 Å². The van der Waals surface area contributed by atoms with Crippen molar-refractivity contribution in [2.24, 2.45) is 5.73 Å². The van der Waals surface area contributed by atoms with Crippen molar-refractivity contribution < 1.29 is 20.0 Å². The minimum Gasteiger partial charge on any atom is -0.350 e. The monoisotopic (exact) mass is 560 g/mol. The van der Waals surface area contributed by atoms with Crippen molar-refractivity contribution in [2.45, 2.75) is 24.8 Å². The number of hydrogen-bond acceptors (Lipinski definition) is 8. The molecule has 36 heavy (non-hydrogen) atoms. The van der Waals surface area contributed by atoms with Crippen LogP contribution in [0, 0.1) is 0 Å². The predicted octanol–water partition coefficient (Wildman–Crippen LogP) is 6.60. The van der Waals surface area contributed by atoms with E-state index in [4.69, 9.17) is 5.73 Å². The van der Waals surface area contributed by atoms with E-state index in [0.29, 0.717) is 15.8 Å². The molecular weight excluding hydrogens is 537 g/mol. The highest BCUT2D eigenvalue weighted by molar-refractivity contribution is 8.01. The number of hydroxylamine groups is 3. The molecule has 0 bridgehead atoms. The molecule has 4 amide bonds. The van der Waals surface area contributed by atoms with Crippen molar-refractivity contribution >= 4 is 63.9 Å². The predicted molar refractivity (Wildman–Crippen MR) is 145 cm³/mol. The lowest BCUT2D eigenvalue weighted by Gasteiger charge is -2.11. The number of hydrogen-bond donors (Lipinski definition) is 4. The number of anilines is 1. The molecule has 4 aromatic rings. The molecule has 5 N–H and O–H groups in total. The van der Waals surface area contributed by atoms with Gasteiger partial charge in [-0.1, -0.05) is 59.9 Å². The summed E-state index contributed by atoms with van der Waals surface area (Å²) in [6.45, 7) is 0.105. The molecule has 4 rings (SSSR count). The van der Waals surface area contributed by atoms with Gasteiger partial charge in [-0.25, -0.2) is 14.7 Å². The minimum atomic E-state index is -0.850. The third-order valence-corrected chi connectivity index (χ3v) is 8.73. The van der Waals surface area contributed by atoms with Gasteiger partial charge >= 0.3 is 12.1 Å². The first-order chi connectivity index (χ1) is 17.4. The van der Waals surface area contributed by atoms with Gasteiger partial charge in [0.1, 0.15) is 0 Å². The maximum Gasteiger partial charge on any atom is 0.345 e. The Labute approximate surface area is 225 Å². The van der Waals surface area contributed by atoms with Gasteiger partial charge in [-0.15, -0.1) is 22.7 Å². The van der Waals surface area contributed by atoms with E-state index in [0.717, 1.165) is 23.8 Å². The number of urea groups is 2. The molecule has 0 saturated heterocycles. The lowest BCUT2D eigenvalue weighted by atomic mass is 10.3. The summed E-state index contributed by atoms with van der Waals surface area (Å²) >= 11 is 6.25. The quantitative estimate of drug-likeness (QED) is 0.149. The fourth-order valence-corrected chi connectivity index (χ4v) is 6.65. The molecule has 2 aromatic heterocycles. The van der Waals surface area contributed by atoms with Crippen LogP contribution in [0.4, 0.5) is 15.3 Å². The van der Waals surface area contributed by atoms with E-state index in [1.165, 1.54) is 18.4 Å². The smallest absolute Gasteiger partial charge is 0.345 e. The molecule has 0 fully saturated rings. The maximum absolute atomic E-state index is 11.2. The van der Waals surface area contributed by atoms with Crippen molar-refractivity contribution in [1.29, 1.82) is 0 Å². The highest BCUT2D eigenvalue weighted by atomic mass is 32.2. The molecule has 2 aromatic carbocycles. The van der Waals surface area contributed by atoms with Crippen LogP contribution in [0.5, 0.6) is 0 Å². The fourth-order valence-electron chi connectivity index (χ4n) is 2.66. The Morgan fingerprint density at radius 2 is 1.56 bits per heavy atom. The first-order valence-corrected chi connectivity index (χ1v) is 13.8. The Morgan fingerprint density at radius 3 is 2.14 bits per heavy atom. The van der Waals surface area contributed by atoms with Gasteiger partial charge in [0.2, 0.25) is 0 Å². The van der Waals surface area contributed by atoms with Crippen LogP contribution in [0.25, 0.3) is 0 Å². The largest absolute Gasteiger partial charge is 0.350 e. The van der Waals surface area contributed by atoms with Crippen molar-refractivity contribution in [2.75, 3.05) is 12.1 Å². The zero-order valence-corrected chi connectivity index (χ0v) is 22.4. The maximum atomic E-state index is 11.2. The van der Waals surface area contributed by atoms with Gasteiger partial charge < -0.3 is 11.1 Å². The zero-order valence-electron chi connectivity index (χ0n) is 19.1. The van der Waals surface area contributed by atoms with Gasteiger partial charge in [0.25, 0.3) is 0 Å². The van der Waals surface area contributed by atoms with Crippen molar-refractivity contribution in [1.82, 2.24) is 10.4 Å². The Hall–Kier alpha value is -3.00. The molecule has 0 saturated carbocycles. The van der Waals surface area contributed by atoms with E-state index >= 15 is 0 Å². The summed E-state index contributed by atoms with van der Waals surface area (Å²) in [7, 11) is 1.47. The zero-order chi connectivity index (χ0) is 25.9. The Balaban J connectivity index is 0.000000201. The molecule has 0 radical (unpaired) electrons. The first-order valence-electron chi connectivity index (χ1n) is 10.4. The summed E-state index contributed by atoms with van der Waals surface area (Å²) in [5.41, 5.74) is 6.34. The van der Waals surface area contributed by atoms with Crippen LogP contribution < -0.4 is 16.1 Å². The van der Waals surface area contributed by atoms with Gasteiger partial charge in [-0.2, -0.15) is 5.06 Å². The lowest BCUT2D eigenvalue weighted by Crippen LogP contribution is -2.34. The molecular formula is C24H24N4O4S4. The number of primary amides is 1. The van der Waals surface area contributed by atoms with Gasteiger partial charge in [0.15, 0.2) is 0 Å². The second-order valence-electron chi connectivity index (χ2n) is 6.95. The van der Waals surface area contributed by atoms with Crippen LogP contribution in [0.3, 0.4) is 0 Å². The molecule has 0 atom stereocenters.